The lowest BCUT2D eigenvalue weighted by Gasteiger charge is -2.32. The summed E-state index contributed by atoms with van der Waals surface area (Å²) < 4.78 is 11.6. The largest absolute Gasteiger partial charge is 0.497 e. The molecule has 0 saturated carbocycles. The van der Waals surface area contributed by atoms with E-state index in [9.17, 15) is 9.90 Å². The lowest BCUT2D eigenvalue weighted by molar-refractivity contribution is 0.0598. The van der Waals surface area contributed by atoms with Crippen LogP contribution < -0.4 is 20.0 Å². The van der Waals surface area contributed by atoms with Gasteiger partial charge in [-0.15, -0.1) is 0 Å². The minimum Gasteiger partial charge on any atom is -0.497 e. The number of hydrogen-bond donors (Lipinski definition) is 2. The van der Waals surface area contributed by atoms with E-state index in [2.05, 4.69) is 15.0 Å². The first-order valence-corrected chi connectivity index (χ1v) is 12.2. The summed E-state index contributed by atoms with van der Waals surface area (Å²) in [5.74, 6) is 1.53. The van der Waals surface area contributed by atoms with Gasteiger partial charge >= 0.3 is 0 Å². The molecule has 1 saturated heterocycles. The third-order valence-electron chi connectivity index (χ3n) is 6.87. The fourth-order valence-corrected chi connectivity index (χ4v) is 4.90. The van der Waals surface area contributed by atoms with E-state index in [1.165, 1.54) is 0 Å². The van der Waals surface area contributed by atoms with Gasteiger partial charge in [0.15, 0.2) is 5.88 Å². The average Bonchev–Trinajstić information content (AvgIpc) is 3.53. The Morgan fingerprint density at radius 3 is 2.70 bits per heavy atom. The van der Waals surface area contributed by atoms with Crippen molar-refractivity contribution in [3.8, 4) is 17.4 Å². The van der Waals surface area contributed by atoms with E-state index in [0.717, 1.165) is 45.8 Å². The predicted molar refractivity (Wildman–Crippen MR) is 141 cm³/mol. The molecule has 1 amide bonds. The van der Waals surface area contributed by atoms with Crippen LogP contribution in [-0.2, 0) is 0 Å². The van der Waals surface area contributed by atoms with Gasteiger partial charge < -0.3 is 24.5 Å². The third-order valence-corrected chi connectivity index (χ3v) is 6.87. The number of amides is 1. The van der Waals surface area contributed by atoms with Crippen molar-refractivity contribution >= 4 is 34.9 Å². The molecule has 6 rings (SSSR count). The lowest BCUT2D eigenvalue weighted by Crippen LogP contribution is -2.41. The molecule has 1 fully saturated rings. The van der Waals surface area contributed by atoms with Crippen molar-refractivity contribution in [2.24, 2.45) is 9.98 Å². The molecule has 186 valence electrons. The van der Waals surface area contributed by atoms with Gasteiger partial charge in [-0.3, -0.25) is 4.79 Å². The number of methoxy groups -OCH3 is 1. The van der Waals surface area contributed by atoms with Crippen molar-refractivity contribution in [2.45, 2.75) is 18.9 Å². The number of aliphatic imine (C=N–C) groups is 1. The van der Waals surface area contributed by atoms with Crippen LogP contribution in [0, 0.1) is 0 Å². The van der Waals surface area contributed by atoms with Crippen LogP contribution >= 0.6 is 0 Å². The van der Waals surface area contributed by atoms with Gasteiger partial charge in [0, 0.05) is 37.1 Å². The maximum absolute atomic E-state index is 12.9. The topological polar surface area (TPSA) is 99.5 Å². The Morgan fingerprint density at radius 1 is 1.11 bits per heavy atom. The van der Waals surface area contributed by atoms with Gasteiger partial charge in [0.2, 0.25) is 0 Å². The maximum Gasteiger partial charge on any atom is 0.253 e. The van der Waals surface area contributed by atoms with E-state index >= 15 is 0 Å². The highest BCUT2D eigenvalue weighted by Crippen LogP contribution is 2.36. The second kappa shape index (κ2) is 9.46. The number of nitrogens with zero attached hydrogens (tertiary/aromatic N) is 3. The average molecular weight is 495 g/mol. The standard InChI is InChI=1S/C29H26N4O4/c1-36-20-8-6-19(7-9-20)29(35)33-13-11-21(12-14-33)37-26-4-2-3-24-27(26)22(28(34)32-24)15-18-5-10-23-25(16-18)31-17-30-23/h2-10,15-17,21,32,34H,11-14H2,1H3/b18-15+. The Labute approximate surface area is 213 Å². The van der Waals surface area contributed by atoms with E-state index in [4.69, 9.17) is 9.47 Å². The highest BCUT2D eigenvalue weighted by atomic mass is 16.5. The van der Waals surface area contributed by atoms with Crippen molar-refractivity contribution in [1.29, 1.82) is 0 Å². The Bertz CT molecular complexity index is 1630. The monoisotopic (exact) mass is 494 g/mol. The van der Waals surface area contributed by atoms with Gasteiger partial charge in [0.05, 0.1) is 29.1 Å². The number of aromatic hydroxyl groups is 1. The molecule has 3 aromatic carbocycles. The number of piperidine rings is 1. The third kappa shape index (κ3) is 4.42. The molecule has 0 atom stereocenters. The quantitative estimate of drug-likeness (QED) is 0.442. The number of carbonyl (C=O) groups excluding carboxylic acids is 1. The summed E-state index contributed by atoms with van der Waals surface area (Å²) in [6.07, 6.45) is 4.87. The van der Waals surface area contributed by atoms with Gasteiger partial charge in [0.25, 0.3) is 5.91 Å². The van der Waals surface area contributed by atoms with Gasteiger partial charge in [-0.1, -0.05) is 12.1 Å². The number of rotatable bonds is 5. The van der Waals surface area contributed by atoms with Crippen LogP contribution in [0.2, 0.25) is 0 Å². The number of nitrogens with one attached hydrogen (secondary N) is 1. The van der Waals surface area contributed by atoms with E-state index in [-0.39, 0.29) is 17.9 Å². The highest BCUT2D eigenvalue weighted by Gasteiger charge is 2.26. The molecule has 3 heterocycles. The molecular formula is C29H26N4O4. The summed E-state index contributed by atoms with van der Waals surface area (Å²) in [6.45, 7) is 1.23. The number of likely N-dealkylation sites (tertiary alicyclic amines) is 1. The first-order chi connectivity index (χ1) is 18.1. The van der Waals surface area contributed by atoms with Crippen molar-refractivity contribution in [1.82, 2.24) is 9.88 Å². The van der Waals surface area contributed by atoms with Crippen LogP contribution in [0.5, 0.6) is 17.4 Å². The molecule has 4 aromatic rings. The number of ether oxygens (including phenoxy) is 2. The minimum atomic E-state index is -0.0358. The molecule has 0 bridgehead atoms. The normalized spacial score (nSPS) is 15.6. The summed E-state index contributed by atoms with van der Waals surface area (Å²) in [4.78, 5) is 26.3. The van der Waals surface area contributed by atoms with Crippen LogP contribution in [-0.4, -0.2) is 53.5 Å². The van der Waals surface area contributed by atoms with E-state index < -0.39 is 0 Å². The van der Waals surface area contributed by atoms with Crippen LogP contribution in [0.15, 0.2) is 70.6 Å². The SMILES string of the molecule is COc1ccc(C(=O)N2CCC(Oc3cccc4[nH]c(O)c(/C=c5\ccc6c(c5)N=CN=6)c34)CC2)cc1. The second-order valence-electron chi connectivity index (χ2n) is 9.17. The number of aromatic amines is 1. The fraction of sp³-hybridized carbons (Fsp3) is 0.207. The smallest absolute Gasteiger partial charge is 0.253 e. The van der Waals surface area contributed by atoms with Crippen LogP contribution in [0.1, 0.15) is 28.8 Å². The molecule has 0 radical (unpaired) electrons. The first kappa shape index (κ1) is 22.8. The molecule has 2 aliphatic rings. The summed E-state index contributed by atoms with van der Waals surface area (Å²) in [5, 5.41) is 13.3. The van der Waals surface area contributed by atoms with Crippen LogP contribution in [0.25, 0.3) is 17.0 Å². The van der Waals surface area contributed by atoms with Gasteiger partial charge in [-0.25, -0.2) is 9.98 Å². The van der Waals surface area contributed by atoms with Crippen molar-refractivity contribution < 1.29 is 19.4 Å². The fourth-order valence-electron chi connectivity index (χ4n) is 4.90. The summed E-state index contributed by atoms with van der Waals surface area (Å²) in [7, 11) is 1.61. The molecule has 8 nitrogen and oxygen atoms in total. The zero-order valence-electron chi connectivity index (χ0n) is 20.3. The number of aromatic nitrogens is 1. The molecule has 2 aliphatic heterocycles. The van der Waals surface area contributed by atoms with E-state index in [1.54, 1.807) is 37.7 Å². The Kier molecular flexibility index (Phi) is 5.84. The van der Waals surface area contributed by atoms with E-state index in [1.807, 2.05) is 47.4 Å². The van der Waals surface area contributed by atoms with Crippen molar-refractivity contribution in [3.63, 3.8) is 0 Å². The number of H-pyrrole nitrogens is 1. The molecule has 1 aromatic heterocycles. The molecular weight excluding hydrogens is 468 g/mol. The molecule has 8 heteroatoms. The zero-order valence-corrected chi connectivity index (χ0v) is 20.3. The first-order valence-electron chi connectivity index (χ1n) is 12.2. The van der Waals surface area contributed by atoms with Gasteiger partial charge in [-0.05, 0) is 59.8 Å². The summed E-state index contributed by atoms with van der Waals surface area (Å²) in [6, 6.07) is 18.8. The number of hydrogen-bond acceptors (Lipinski definition) is 6. The number of benzene rings is 3. The maximum atomic E-state index is 12.9. The molecule has 37 heavy (non-hydrogen) atoms. The van der Waals surface area contributed by atoms with Crippen LogP contribution in [0.3, 0.4) is 0 Å². The van der Waals surface area contributed by atoms with Crippen LogP contribution in [0.4, 0.5) is 5.69 Å². The minimum absolute atomic E-state index is 0.0159. The summed E-state index contributed by atoms with van der Waals surface area (Å²) in [5.41, 5.74) is 2.92. The Balaban J connectivity index is 1.21. The zero-order chi connectivity index (χ0) is 25.4. The highest BCUT2D eigenvalue weighted by molar-refractivity contribution is 5.96. The van der Waals surface area contributed by atoms with Gasteiger partial charge in [-0.2, -0.15) is 0 Å². The van der Waals surface area contributed by atoms with Gasteiger partial charge in [0.1, 0.15) is 23.9 Å². The molecule has 2 N–H and O–H groups in total. The number of fused-ring (bicyclic) bond motifs is 2. The lowest BCUT2D eigenvalue weighted by atomic mass is 10.1. The molecule has 0 unspecified atom stereocenters. The number of carbonyl (C=O) groups is 1. The molecule has 0 spiro atoms. The molecule has 0 aliphatic carbocycles. The Hall–Kier alpha value is -4.59. The predicted octanol–water partition coefficient (Wildman–Crippen LogP) is 3.69. The Morgan fingerprint density at radius 2 is 1.92 bits per heavy atom. The van der Waals surface area contributed by atoms with E-state index in [0.29, 0.717) is 30.0 Å². The summed E-state index contributed by atoms with van der Waals surface area (Å²) >= 11 is 0. The second-order valence-corrected chi connectivity index (χ2v) is 9.17. The van der Waals surface area contributed by atoms with Crippen molar-refractivity contribution in [2.75, 3.05) is 20.2 Å². The van der Waals surface area contributed by atoms with Crippen molar-refractivity contribution in [3.05, 3.63) is 82.4 Å².